The third-order valence-electron chi connectivity index (χ3n) is 4.57. The number of carbonyl (C=O) groups is 2. The number of ether oxygens (including phenoxy) is 2. The number of rotatable bonds is 9. The van der Waals surface area contributed by atoms with Gasteiger partial charge in [-0.05, 0) is 44.4 Å². The summed E-state index contributed by atoms with van der Waals surface area (Å²) in [7, 11) is -3.63. The number of nitrogens with zero attached hydrogens (tertiary/aromatic N) is 1. The fraction of sp³-hybridized carbons (Fsp3) is 0.579. The fourth-order valence-electron chi connectivity index (χ4n) is 2.94. The Hall–Kier alpha value is -1.84. The molecule has 1 heterocycles. The van der Waals surface area contributed by atoms with Crippen molar-refractivity contribution in [3.05, 3.63) is 23.2 Å². The Morgan fingerprint density at radius 3 is 2.52 bits per heavy atom. The Bertz CT molecular complexity index is 822. The molecular weight excluding hydrogens is 420 g/mol. The third-order valence-corrected chi connectivity index (χ3v) is 6.33. The van der Waals surface area contributed by atoms with Gasteiger partial charge in [0.15, 0.2) is 6.61 Å². The van der Waals surface area contributed by atoms with Crippen molar-refractivity contribution >= 4 is 33.5 Å². The Kier molecular flexibility index (Phi) is 8.73. The van der Waals surface area contributed by atoms with Crippen LogP contribution in [0.1, 0.15) is 33.1 Å². The molecule has 1 aliphatic heterocycles. The first-order valence-corrected chi connectivity index (χ1v) is 11.5. The van der Waals surface area contributed by atoms with Crippen LogP contribution in [0.25, 0.3) is 0 Å². The lowest BCUT2D eigenvalue weighted by atomic mass is 9.97. The maximum Gasteiger partial charge on any atom is 0.309 e. The topological polar surface area (TPSA) is 102 Å². The molecule has 0 radical (unpaired) electrons. The Morgan fingerprint density at radius 2 is 1.93 bits per heavy atom. The normalized spacial score (nSPS) is 15.2. The molecule has 8 nitrogen and oxygen atoms in total. The molecule has 0 aliphatic carbocycles. The number of amides is 1. The molecule has 1 saturated heterocycles. The van der Waals surface area contributed by atoms with Gasteiger partial charge in [-0.2, -0.15) is 0 Å². The van der Waals surface area contributed by atoms with E-state index in [0.717, 1.165) is 0 Å². The lowest BCUT2D eigenvalue weighted by Crippen LogP contribution is -2.42. The van der Waals surface area contributed by atoms with Crippen molar-refractivity contribution in [1.29, 1.82) is 0 Å². The van der Waals surface area contributed by atoms with Crippen LogP contribution in [0.5, 0.6) is 5.75 Å². The number of nitrogens with one attached hydrogen (secondary N) is 1. The van der Waals surface area contributed by atoms with Crippen LogP contribution in [-0.2, 0) is 24.3 Å². The quantitative estimate of drug-likeness (QED) is 0.583. The maximum absolute atomic E-state index is 12.4. The zero-order valence-corrected chi connectivity index (χ0v) is 18.2. The molecule has 0 unspecified atom stereocenters. The van der Waals surface area contributed by atoms with E-state index in [2.05, 4.69) is 4.72 Å². The number of esters is 1. The van der Waals surface area contributed by atoms with Gasteiger partial charge in [0.2, 0.25) is 10.0 Å². The summed E-state index contributed by atoms with van der Waals surface area (Å²) >= 11 is 6.13. The Labute approximate surface area is 176 Å². The zero-order valence-electron chi connectivity index (χ0n) is 16.6. The first kappa shape index (κ1) is 23.4. The van der Waals surface area contributed by atoms with Crippen LogP contribution in [-0.4, -0.2) is 58.0 Å². The highest BCUT2D eigenvalue weighted by Crippen LogP contribution is 2.27. The number of halogens is 1. The van der Waals surface area contributed by atoms with E-state index in [-0.39, 0.29) is 40.1 Å². The van der Waals surface area contributed by atoms with E-state index in [1.807, 2.05) is 6.92 Å². The summed E-state index contributed by atoms with van der Waals surface area (Å²) in [5.41, 5.74) is 0. The van der Waals surface area contributed by atoms with E-state index in [4.69, 9.17) is 21.1 Å². The summed E-state index contributed by atoms with van der Waals surface area (Å²) in [6.07, 6.45) is 1.79. The highest BCUT2D eigenvalue weighted by atomic mass is 35.5. The monoisotopic (exact) mass is 446 g/mol. The van der Waals surface area contributed by atoms with Gasteiger partial charge in [0.1, 0.15) is 5.75 Å². The van der Waals surface area contributed by atoms with Gasteiger partial charge in [-0.3, -0.25) is 9.59 Å². The van der Waals surface area contributed by atoms with Gasteiger partial charge in [-0.1, -0.05) is 18.5 Å². The molecule has 1 aromatic carbocycles. The van der Waals surface area contributed by atoms with E-state index in [0.29, 0.717) is 45.5 Å². The highest BCUT2D eigenvalue weighted by Gasteiger charge is 2.28. The van der Waals surface area contributed by atoms with E-state index in [9.17, 15) is 18.0 Å². The molecule has 0 bridgehead atoms. The molecule has 1 aromatic rings. The number of hydrogen-bond acceptors (Lipinski definition) is 6. The van der Waals surface area contributed by atoms with E-state index < -0.39 is 10.0 Å². The SMILES string of the molecule is CCCNS(=O)(=O)c1ccc(OCC(=O)N2CCC(C(=O)OCC)CC2)c(Cl)c1. The summed E-state index contributed by atoms with van der Waals surface area (Å²) in [6, 6.07) is 4.11. The van der Waals surface area contributed by atoms with Gasteiger partial charge in [0.05, 0.1) is 22.4 Å². The van der Waals surface area contributed by atoms with Crippen molar-refractivity contribution in [2.45, 2.75) is 38.0 Å². The number of carbonyl (C=O) groups excluding carboxylic acids is 2. The molecule has 1 fully saturated rings. The highest BCUT2D eigenvalue weighted by molar-refractivity contribution is 7.89. The summed E-state index contributed by atoms with van der Waals surface area (Å²) < 4.78 is 37.2. The molecule has 0 spiro atoms. The van der Waals surface area contributed by atoms with Gasteiger partial charge >= 0.3 is 5.97 Å². The van der Waals surface area contributed by atoms with Crippen LogP contribution in [0.15, 0.2) is 23.1 Å². The number of likely N-dealkylation sites (tertiary alicyclic amines) is 1. The number of hydrogen-bond donors (Lipinski definition) is 1. The molecule has 1 N–H and O–H groups in total. The smallest absolute Gasteiger partial charge is 0.309 e. The van der Waals surface area contributed by atoms with Gasteiger partial charge in [-0.25, -0.2) is 13.1 Å². The minimum Gasteiger partial charge on any atom is -0.482 e. The largest absolute Gasteiger partial charge is 0.482 e. The molecule has 0 saturated carbocycles. The molecule has 0 atom stereocenters. The summed E-state index contributed by atoms with van der Waals surface area (Å²) in [6.45, 7) is 5.01. The van der Waals surface area contributed by atoms with Crippen molar-refractivity contribution in [3.63, 3.8) is 0 Å². The van der Waals surface area contributed by atoms with Gasteiger partial charge in [0, 0.05) is 19.6 Å². The summed E-state index contributed by atoms with van der Waals surface area (Å²) in [5.74, 6) is -0.378. The average molecular weight is 447 g/mol. The van der Waals surface area contributed by atoms with Gasteiger partial charge in [-0.15, -0.1) is 0 Å². The second-order valence-electron chi connectivity index (χ2n) is 6.69. The molecule has 2 rings (SSSR count). The summed E-state index contributed by atoms with van der Waals surface area (Å²) in [5, 5.41) is 0.109. The molecule has 1 amide bonds. The lowest BCUT2D eigenvalue weighted by molar-refractivity contribution is -0.151. The standard InChI is InChI=1S/C19H27ClN2O6S/c1-3-9-21-29(25,26)15-5-6-17(16(20)12-15)28-13-18(23)22-10-7-14(8-11-22)19(24)27-4-2/h5-6,12,14,21H,3-4,7-11,13H2,1-2H3. The minimum absolute atomic E-state index is 0.0377. The van der Waals surface area contributed by atoms with Crippen LogP contribution in [0.2, 0.25) is 5.02 Å². The van der Waals surface area contributed by atoms with Crippen molar-refractivity contribution < 1.29 is 27.5 Å². The molecule has 162 valence electrons. The van der Waals surface area contributed by atoms with Crippen LogP contribution < -0.4 is 9.46 Å². The molecule has 29 heavy (non-hydrogen) atoms. The van der Waals surface area contributed by atoms with E-state index in [1.165, 1.54) is 18.2 Å². The van der Waals surface area contributed by atoms with Crippen molar-refractivity contribution in [2.24, 2.45) is 5.92 Å². The van der Waals surface area contributed by atoms with E-state index >= 15 is 0 Å². The lowest BCUT2D eigenvalue weighted by Gasteiger charge is -2.30. The predicted octanol–water partition coefficient (Wildman–Crippen LogP) is 2.21. The molecule has 0 aromatic heterocycles. The van der Waals surface area contributed by atoms with Gasteiger partial charge in [0.25, 0.3) is 5.91 Å². The van der Waals surface area contributed by atoms with Crippen LogP contribution in [0.4, 0.5) is 0 Å². The minimum atomic E-state index is -3.63. The Balaban J connectivity index is 1.88. The fourth-order valence-corrected chi connectivity index (χ4v) is 4.40. The van der Waals surface area contributed by atoms with Crippen molar-refractivity contribution in [3.8, 4) is 5.75 Å². The maximum atomic E-state index is 12.4. The summed E-state index contributed by atoms with van der Waals surface area (Å²) in [4.78, 5) is 25.8. The van der Waals surface area contributed by atoms with E-state index in [1.54, 1.807) is 11.8 Å². The second-order valence-corrected chi connectivity index (χ2v) is 8.86. The van der Waals surface area contributed by atoms with Crippen LogP contribution in [0.3, 0.4) is 0 Å². The van der Waals surface area contributed by atoms with Crippen LogP contribution >= 0.6 is 11.6 Å². The predicted molar refractivity (Wildman–Crippen MR) is 108 cm³/mol. The zero-order chi connectivity index (χ0) is 21.4. The Morgan fingerprint density at radius 1 is 1.24 bits per heavy atom. The number of benzene rings is 1. The molecule has 10 heteroatoms. The third kappa shape index (κ3) is 6.58. The van der Waals surface area contributed by atoms with Crippen molar-refractivity contribution in [1.82, 2.24) is 9.62 Å². The first-order valence-electron chi connectivity index (χ1n) is 9.64. The van der Waals surface area contributed by atoms with Crippen molar-refractivity contribution in [2.75, 3.05) is 32.8 Å². The first-order chi connectivity index (χ1) is 13.8. The second kappa shape index (κ2) is 10.8. The number of piperidine rings is 1. The van der Waals surface area contributed by atoms with Crippen LogP contribution in [0, 0.1) is 5.92 Å². The molecule has 1 aliphatic rings. The van der Waals surface area contributed by atoms with Gasteiger partial charge < -0.3 is 14.4 Å². The average Bonchev–Trinajstić information content (AvgIpc) is 2.71. The number of sulfonamides is 1. The molecular formula is C19H27ClN2O6S.